The highest BCUT2D eigenvalue weighted by molar-refractivity contribution is 7.89. The van der Waals surface area contributed by atoms with Crippen molar-refractivity contribution in [2.45, 2.75) is 18.2 Å². The number of sulfonamides is 1. The van der Waals surface area contributed by atoms with Gasteiger partial charge in [-0.3, -0.25) is 0 Å². The van der Waals surface area contributed by atoms with Gasteiger partial charge in [0.1, 0.15) is 11.5 Å². The van der Waals surface area contributed by atoms with Crippen LogP contribution in [-0.4, -0.2) is 26.7 Å². The Balaban J connectivity index is 2.25. The van der Waals surface area contributed by atoms with Crippen molar-refractivity contribution in [3.8, 4) is 11.8 Å². The topological polar surface area (TPSA) is 66.4 Å². The van der Waals surface area contributed by atoms with Crippen LogP contribution in [0.3, 0.4) is 0 Å². The zero-order valence-electron chi connectivity index (χ0n) is 11.4. The minimum atomic E-state index is -3.75. The number of rotatable bonds is 4. The van der Waals surface area contributed by atoms with Crippen LogP contribution in [-0.2, 0) is 10.0 Å². The molecule has 1 aromatic rings. The Morgan fingerprint density at radius 1 is 1.38 bits per heavy atom. The predicted molar refractivity (Wildman–Crippen MR) is 82.9 cm³/mol. The van der Waals surface area contributed by atoms with Gasteiger partial charge in [0.25, 0.3) is 0 Å². The fourth-order valence-electron chi connectivity index (χ4n) is 2.00. The van der Waals surface area contributed by atoms with Crippen molar-refractivity contribution < 1.29 is 13.5 Å². The van der Waals surface area contributed by atoms with Crippen molar-refractivity contribution in [1.29, 1.82) is 0 Å². The summed E-state index contributed by atoms with van der Waals surface area (Å²) in [4.78, 5) is -0.131. The van der Waals surface area contributed by atoms with Crippen molar-refractivity contribution in [3.05, 3.63) is 27.7 Å². The second-order valence-corrected chi connectivity index (χ2v) is 7.57. The monoisotopic (exact) mass is 347 g/mol. The molecule has 4 nitrogen and oxygen atoms in total. The second kappa shape index (κ2) is 6.55. The summed E-state index contributed by atoms with van der Waals surface area (Å²) in [5.74, 6) is 6.02. The highest BCUT2D eigenvalue weighted by atomic mass is 35.5. The van der Waals surface area contributed by atoms with Crippen LogP contribution < -0.4 is 4.72 Å². The summed E-state index contributed by atoms with van der Waals surface area (Å²) in [7, 11) is -3.75. The molecule has 2 atom stereocenters. The van der Waals surface area contributed by atoms with Gasteiger partial charge in [-0.1, -0.05) is 42.0 Å². The summed E-state index contributed by atoms with van der Waals surface area (Å²) >= 11 is 12.0. The van der Waals surface area contributed by atoms with E-state index in [1.807, 2.05) is 0 Å². The molecule has 114 valence electrons. The van der Waals surface area contributed by atoms with E-state index in [2.05, 4.69) is 23.5 Å². The normalized spacial score (nSPS) is 20.8. The molecule has 7 heteroatoms. The average molecular weight is 348 g/mol. The zero-order valence-corrected chi connectivity index (χ0v) is 13.7. The Kier molecular flexibility index (Phi) is 5.18. The van der Waals surface area contributed by atoms with E-state index in [0.717, 1.165) is 6.42 Å². The van der Waals surface area contributed by atoms with Crippen LogP contribution in [0.1, 0.15) is 18.9 Å². The van der Waals surface area contributed by atoms with Crippen LogP contribution in [0.5, 0.6) is 0 Å². The average Bonchev–Trinajstić information content (AvgIpc) is 3.09. The van der Waals surface area contributed by atoms with Gasteiger partial charge in [0.2, 0.25) is 10.0 Å². The lowest BCUT2D eigenvalue weighted by Crippen LogP contribution is -2.26. The quantitative estimate of drug-likeness (QED) is 0.821. The predicted octanol–water partition coefficient (Wildman–Crippen LogP) is 2.27. The van der Waals surface area contributed by atoms with Crippen molar-refractivity contribution in [1.82, 2.24) is 4.72 Å². The molecular weight excluding hydrogens is 333 g/mol. The van der Waals surface area contributed by atoms with Crippen molar-refractivity contribution in [3.63, 3.8) is 0 Å². The van der Waals surface area contributed by atoms with Gasteiger partial charge in [-0.15, -0.1) is 0 Å². The van der Waals surface area contributed by atoms with Gasteiger partial charge in [0.05, 0.1) is 10.0 Å². The van der Waals surface area contributed by atoms with Crippen molar-refractivity contribution in [2.75, 3.05) is 13.2 Å². The molecule has 2 rings (SSSR count). The summed E-state index contributed by atoms with van der Waals surface area (Å²) in [6, 6.07) is 2.84. The number of hydrogen-bond acceptors (Lipinski definition) is 3. The van der Waals surface area contributed by atoms with Gasteiger partial charge in [-0.05, 0) is 30.4 Å². The van der Waals surface area contributed by atoms with Crippen LogP contribution in [0.25, 0.3) is 0 Å². The highest BCUT2D eigenvalue weighted by Gasteiger charge is 2.34. The van der Waals surface area contributed by atoms with Crippen molar-refractivity contribution in [2.24, 2.45) is 11.8 Å². The summed E-state index contributed by atoms with van der Waals surface area (Å²) in [5.41, 5.74) is 0.453. The second-order valence-electron chi connectivity index (χ2n) is 5.05. The maximum Gasteiger partial charge on any atom is 0.243 e. The third-order valence-electron chi connectivity index (χ3n) is 3.39. The van der Waals surface area contributed by atoms with E-state index in [9.17, 15) is 8.42 Å². The molecule has 1 aliphatic rings. The number of halogens is 2. The number of aliphatic hydroxyl groups excluding tert-OH is 1. The van der Waals surface area contributed by atoms with Gasteiger partial charge < -0.3 is 5.11 Å². The van der Waals surface area contributed by atoms with Gasteiger partial charge in [0.15, 0.2) is 0 Å². The molecule has 0 spiro atoms. The molecule has 0 heterocycles. The molecule has 0 radical (unpaired) electrons. The van der Waals surface area contributed by atoms with Crippen LogP contribution in [0, 0.1) is 23.7 Å². The van der Waals surface area contributed by atoms with E-state index in [-0.39, 0.29) is 21.5 Å². The SMILES string of the molecule is CC1CC1CNS(=O)(=O)c1c(Cl)cc(C#CCO)cc1Cl. The maximum absolute atomic E-state index is 12.3. The number of nitrogens with one attached hydrogen (secondary N) is 1. The number of benzene rings is 1. The van der Waals surface area contributed by atoms with E-state index in [0.29, 0.717) is 23.9 Å². The summed E-state index contributed by atoms with van der Waals surface area (Å²) in [5, 5.41) is 8.68. The third-order valence-corrected chi connectivity index (χ3v) is 5.73. The molecule has 21 heavy (non-hydrogen) atoms. The minimum Gasteiger partial charge on any atom is -0.384 e. The van der Waals surface area contributed by atoms with Crippen LogP contribution in [0.4, 0.5) is 0 Å². The van der Waals surface area contributed by atoms with Crippen LogP contribution in [0.2, 0.25) is 10.0 Å². The molecule has 0 amide bonds. The summed E-state index contributed by atoms with van der Waals surface area (Å²) in [6.45, 7) is 2.17. The molecule has 1 aliphatic carbocycles. The lowest BCUT2D eigenvalue weighted by Gasteiger charge is -2.10. The van der Waals surface area contributed by atoms with Crippen LogP contribution >= 0.6 is 23.2 Å². The zero-order chi connectivity index (χ0) is 15.6. The fraction of sp³-hybridized carbons (Fsp3) is 0.429. The fourth-order valence-corrected chi connectivity index (χ4v) is 4.31. The first kappa shape index (κ1) is 16.6. The Hall–Kier alpha value is -0.770. The lowest BCUT2D eigenvalue weighted by molar-refractivity contribution is 0.350. The molecule has 0 saturated heterocycles. The minimum absolute atomic E-state index is 0.0149. The first-order chi connectivity index (χ1) is 9.85. The molecule has 1 fully saturated rings. The Bertz CT molecular complexity index is 684. The number of hydrogen-bond donors (Lipinski definition) is 2. The van der Waals surface area contributed by atoms with Gasteiger partial charge >= 0.3 is 0 Å². The summed E-state index contributed by atoms with van der Waals surface area (Å²) < 4.78 is 27.1. The molecule has 0 bridgehead atoms. The molecular formula is C14H15Cl2NO3S. The van der Waals surface area contributed by atoms with E-state index in [1.165, 1.54) is 12.1 Å². The largest absolute Gasteiger partial charge is 0.384 e. The first-order valence-corrected chi connectivity index (χ1v) is 8.67. The first-order valence-electron chi connectivity index (χ1n) is 6.43. The van der Waals surface area contributed by atoms with Crippen molar-refractivity contribution >= 4 is 33.2 Å². The standard InChI is InChI=1S/C14H15Cl2NO3S/c1-9-5-11(9)8-17-21(19,20)14-12(15)6-10(3-2-4-18)7-13(14)16/h6-7,9,11,17-18H,4-5,8H2,1H3. The van der Waals surface area contributed by atoms with Crippen LogP contribution in [0.15, 0.2) is 17.0 Å². The van der Waals surface area contributed by atoms with E-state index >= 15 is 0 Å². The van der Waals surface area contributed by atoms with E-state index in [1.54, 1.807) is 0 Å². The Morgan fingerprint density at radius 2 is 1.95 bits per heavy atom. The van der Waals surface area contributed by atoms with E-state index < -0.39 is 10.0 Å². The molecule has 1 aromatic carbocycles. The van der Waals surface area contributed by atoms with Gasteiger partial charge in [-0.2, -0.15) is 0 Å². The highest BCUT2D eigenvalue weighted by Crippen LogP contribution is 2.37. The smallest absolute Gasteiger partial charge is 0.243 e. The molecule has 0 aliphatic heterocycles. The maximum atomic E-state index is 12.3. The lowest BCUT2D eigenvalue weighted by atomic mass is 10.2. The molecule has 1 saturated carbocycles. The molecule has 2 unspecified atom stereocenters. The molecule has 2 N–H and O–H groups in total. The van der Waals surface area contributed by atoms with E-state index in [4.69, 9.17) is 28.3 Å². The Morgan fingerprint density at radius 3 is 2.43 bits per heavy atom. The Labute approximate surface area is 134 Å². The molecule has 0 aromatic heterocycles. The third kappa shape index (κ3) is 4.12. The van der Waals surface area contributed by atoms with Gasteiger partial charge in [-0.25, -0.2) is 13.1 Å². The summed E-state index contributed by atoms with van der Waals surface area (Å²) in [6.07, 6.45) is 1.03. The number of aliphatic hydroxyl groups is 1. The van der Waals surface area contributed by atoms with Gasteiger partial charge in [0, 0.05) is 12.1 Å².